The second-order valence-electron chi connectivity index (χ2n) is 9.58. The van der Waals surface area contributed by atoms with Crippen molar-refractivity contribution in [1.82, 2.24) is 10.1 Å². The molecule has 2 saturated heterocycles. The first-order chi connectivity index (χ1) is 17.3. The van der Waals surface area contributed by atoms with E-state index in [4.69, 9.17) is 19.9 Å². The van der Waals surface area contributed by atoms with Gasteiger partial charge in [0.2, 0.25) is 0 Å². The van der Waals surface area contributed by atoms with Crippen molar-refractivity contribution < 1.29 is 22.5 Å². The number of rotatable bonds is 3. The van der Waals surface area contributed by atoms with Crippen LogP contribution in [0.1, 0.15) is 47.5 Å². The fraction of sp³-hybridized carbons (Fsp3) is 0.296. The van der Waals surface area contributed by atoms with Crippen molar-refractivity contribution >= 4 is 29.3 Å². The van der Waals surface area contributed by atoms with Gasteiger partial charge in [-0.1, -0.05) is 11.2 Å². The fourth-order valence-corrected chi connectivity index (χ4v) is 5.61. The van der Waals surface area contributed by atoms with Gasteiger partial charge in [-0.15, -0.1) is 12.4 Å². The van der Waals surface area contributed by atoms with Crippen LogP contribution in [-0.4, -0.2) is 34.1 Å². The predicted molar refractivity (Wildman–Crippen MR) is 134 cm³/mol. The van der Waals surface area contributed by atoms with Gasteiger partial charge < -0.3 is 19.6 Å². The summed E-state index contributed by atoms with van der Waals surface area (Å²) in [4.78, 5) is 15.4. The van der Waals surface area contributed by atoms with Crippen molar-refractivity contribution in [1.29, 1.82) is 5.26 Å². The molecule has 2 atom stereocenters. The van der Waals surface area contributed by atoms with Crippen molar-refractivity contribution in [2.24, 2.45) is 5.73 Å². The van der Waals surface area contributed by atoms with E-state index in [9.17, 15) is 9.18 Å². The van der Waals surface area contributed by atoms with Crippen molar-refractivity contribution in [2.75, 3.05) is 0 Å². The van der Waals surface area contributed by atoms with Crippen LogP contribution < -0.4 is 5.73 Å². The molecule has 190 valence electrons. The highest BCUT2D eigenvalue weighted by molar-refractivity contribution is 5.97. The standard InChI is InChI=1S/C27H22F2N4O3.ClH/c1-13-19-9-23(29)21(11-24(19)36-32-13)26-20(14-2-3-15(12-30)22(28)6-14)10-25(35-26)27(34)33-17-4-5-18(33)8-16(31)7-17;/h2-3,6,9-11,16-18H,4-5,7-8,31H2,1H3;1H. The van der Waals surface area contributed by atoms with Gasteiger partial charge in [0.05, 0.1) is 16.8 Å². The van der Waals surface area contributed by atoms with Crippen molar-refractivity contribution in [2.45, 2.75) is 50.7 Å². The van der Waals surface area contributed by atoms with Crippen LogP contribution in [0.2, 0.25) is 0 Å². The Morgan fingerprint density at radius 1 is 1.11 bits per heavy atom. The number of aryl methyl sites for hydroxylation is 1. The van der Waals surface area contributed by atoms with Gasteiger partial charge in [-0.25, -0.2) is 8.78 Å². The number of benzene rings is 2. The molecule has 0 radical (unpaired) electrons. The number of nitrogens with two attached hydrogens (primary N) is 1. The minimum absolute atomic E-state index is 0. The number of nitriles is 1. The number of halogens is 3. The molecule has 0 spiro atoms. The van der Waals surface area contributed by atoms with Gasteiger partial charge in [0.15, 0.2) is 11.3 Å². The zero-order valence-corrected chi connectivity index (χ0v) is 20.6. The molecule has 0 saturated carbocycles. The third kappa shape index (κ3) is 4.06. The van der Waals surface area contributed by atoms with Crippen LogP contribution in [0.5, 0.6) is 0 Å². The van der Waals surface area contributed by atoms with Crippen LogP contribution in [0.15, 0.2) is 45.3 Å². The maximum absolute atomic E-state index is 15.3. The average Bonchev–Trinajstić information content (AvgIpc) is 3.53. The lowest BCUT2D eigenvalue weighted by Crippen LogP contribution is -2.50. The summed E-state index contributed by atoms with van der Waals surface area (Å²) in [7, 11) is 0. The molecule has 7 nitrogen and oxygen atoms in total. The third-order valence-electron chi connectivity index (χ3n) is 7.33. The Balaban J connectivity index is 0.00000280. The Hall–Kier alpha value is -3.74. The number of fused-ring (bicyclic) bond motifs is 3. The largest absolute Gasteiger partial charge is 0.450 e. The van der Waals surface area contributed by atoms with E-state index in [1.807, 2.05) is 4.90 Å². The van der Waals surface area contributed by atoms with E-state index in [-0.39, 0.29) is 59.1 Å². The molecule has 4 aromatic rings. The van der Waals surface area contributed by atoms with E-state index in [0.29, 0.717) is 27.8 Å². The van der Waals surface area contributed by atoms with E-state index in [2.05, 4.69) is 5.16 Å². The van der Waals surface area contributed by atoms with Crippen LogP contribution in [-0.2, 0) is 0 Å². The lowest BCUT2D eigenvalue weighted by atomic mass is 9.97. The zero-order valence-electron chi connectivity index (χ0n) is 19.8. The van der Waals surface area contributed by atoms with Crippen LogP contribution in [0.4, 0.5) is 8.78 Å². The minimum Gasteiger partial charge on any atom is -0.450 e. The minimum atomic E-state index is -0.722. The number of hydrogen-bond donors (Lipinski definition) is 1. The van der Waals surface area contributed by atoms with Crippen LogP contribution >= 0.6 is 12.4 Å². The summed E-state index contributed by atoms with van der Waals surface area (Å²) in [5.41, 5.74) is 7.67. The number of piperidine rings is 1. The van der Waals surface area contributed by atoms with Gasteiger partial charge in [-0.05, 0) is 68.5 Å². The topological polar surface area (TPSA) is 109 Å². The highest BCUT2D eigenvalue weighted by atomic mass is 35.5. The van der Waals surface area contributed by atoms with Gasteiger partial charge in [0, 0.05) is 29.1 Å². The normalized spacial score (nSPS) is 20.6. The quantitative estimate of drug-likeness (QED) is 0.366. The molecule has 2 N–H and O–H groups in total. The molecule has 6 rings (SSSR count). The van der Waals surface area contributed by atoms with E-state index in [1.165, 1.54) is 30.3 Å². The van der Waals surface area contributed by atoms with Gasteiger partial charge in [-0.2, -0.15) is 5.26 Å². The van der Waals surface area contributed by atoms with E-state index < -0.39 is 11.6 Å². The maximum atomic E-state index is 15.3. The second-order valence-corrected chi connectivity index (χ2v) is 9.58. The number of hydrogen-bond acceptors (Lipinski definition) is 6. The average molecular weight is 525 g/mol. The third-order valence-corrected chi connectivity index (χ3v) is 7.33. The zero-order chi connectivity index (χ0) is 25.1. The summed E-state index contributed by atoms with van der Waals surface area (Å²) in [6.45, 7) is 1.71. The molecule has 10 heteroatoms. The summed E-state index contributed by atoms with van der Waals surface area (Å²) < 4.78 is 41.2. The van der Waals surface area contributed by atoms with E-state index >= 15 is 4.39 Å². The number of carbonyl (C=O) groups excluding carboxylic acids is 1. The second kappa shape index (κ2) is 9.29. The Labute approximate surface area is 217 Å². The molecule has 4 heterocycles. The highest BCUT2D eigenvalue weighted by Crippen LogP contribution is 2.41. The van der Waals surface area contributed by atoms with E-state index in [1.54, 1.807) is 19.1 Å². The number of amides is 1. The Kier molecular flexibility index (Phi) is 6.26. The van der Waals surface area contributed by atoms with Crippen LogP contribution in [0, 0.1) is 29.9 Å². The lowest BCUT2D eigenvalue weighted by Gasteiger charge is -2.37. The Morgan fingerprint density at radius 2 is 1.84 bits per heavy atom. The molecule has 2 aliphatic heterocycles. The van der Waals surface area contributed by atoms with Crippen LogP contribution in [0.3, 0.4) is 0 Å². The SMILES string of the molecule is Cc1noc2cc(-c3oc(C(=O)N4C5CCC4CC(N)C5)cc3-c3ccc(C#N)c(F)c3)c(F)cc12.Cl. The smallest absolute Gasteiger partial charge is 0.290 e. The molecular formula is C27H23ClF2N4O3. The highest BCUT2D eigenvalue weighted by Gasteiger charge is 2.43. The summed E-state index contributed by atoms with van der Waals surface area (Å²) in [5, 5.41) is 13.5. The number of carbonyl (C=O) groups is 1. The summed E-state index contributed by atoms with van der Waals surface area (Å²) in [5.74, 6) is -1.52. The van der Waals surface area contributed by atoms with Crippen molar-refractivity contribution in [3.63, 3.8) is 0 Å². The summed E-state index contributed by atoms with van der Waals surface area (Å²) >= 11 is 0. The molecule has 2 bridgehead atoms. The first kappa shape index (κ1) is 24.9. The van der Waals surface area contributed by atoms with Crippen molar-refractivity contribution in [3.8, 4) is 28.5 Å². The molecule has 0 aliphatic carbocycles. The summed E-state index contributed by atoms with van der Waals surface area (Å²) in [6, 6.07) is 10.3. The van der Waals surface area contributed by atoms with E-state index in [0.717, 1.165) is 25.7 Å². The van der Waals surface area contributed by atoms with Gasteiger partial charge in [-0.3, -0.25) is 4.79 Å². The molecule has 2 aromatic heterocycles. The number of furan rings is 1. The predicted octanol–water partition coefficient (Wildman–Crippen LogP) is 5.73. The molecule has 37 heavy (non-hydrogen) atoms. The van der Waals surface area contributed by atoms with Gasteiger partial charge in [0.1, 0.15) is 23.5 Å². The van der Waals surface area contributed by atoms with Gasteiger partial charge in [0.25, 0.3) is 5.91 Å². The fourth-order valence-electron chi connectivity index (χ4n) is 5.61. The molecule has 2 unspecified atom stereocenters. The van der Waals surface area contributed by atoms with Crippen molar-refractivity contribution in [3.05, 3.63) is 65.1 Å². The van der Waals surface area contributed by atoms with Crippen LogP contribution in [0.25, 0.3) is 33.4 Å². The maximum Gasteiger partial charge on any atom is 0.290 e. The lowest BCUT2D eigenvalue weighted by molar-refractivity contribution is 0.0543. The number of aromatic nitrogens is 1. The first-order valence-corrected chi connectivity index (χ1v) is 11.8. The molecular weight excluding hydrogens is 502 g/mol. The Bertz CT molecular complexity index is 1560. The summed E-state index contributed by atoms with van der Waals surface area (Å²) in [6.07, 6.45) is 3.20. The number of nitrogens with zero attached hydrogens (tertiary/aromatic N) is 3. The molecule has 2 fully saturated rings. The Morgan fingerprint density at radius 3 is 2.51 bits per heavy atom. The molecule has 1 amide bonds. The monoisotopic (exact) mass is 524 g/mol. The van der Waals surface area contributed by atoms with Gasteiger partial charge >= 0.3 is 0 Å². The molecule has 2 aliphatic rings. The first-order valence-electron chi connectivity index (χ1n) is 11.8. The molecule has 2 aromatic carbocycles.